The van der Waals surface area contributed by atoms with Crippen molar-refractivity contribution in [1.29, 1.82) is 0 Å². The molecule has 1 aliphatic rings. The first-order valence-electron chi connectivity index (χ1n) is 13.3. The molecule has 0 radical (unpaired) electrons. The van der Waals surface area contributed by atoms with Gasteiger partial charge in [-0.25, -0.2) is 0 Å². The molecule has 5 aromatic carbocycles. The van der Waals surface area contributed by atoms with E-state index in [1.807, 2.05) is 11.3 Å². The molecule has 1 nitrogen and oxygen atoms in total. The number of allylic oxidation sites excluding steroid dienone is 1. The lowest BCUT2D eigenvalue weighted by molar-refractivity contribution is 0.968. The van der Waals surface area contributed by atoms with Crippen molar-refractivity contribution in [3.8, 4) is 27.9 Å². The molecule has 0 saturated carbocycles. The molecule has 0 amide bonds. The third kappa shape index (κ3) is 3.80. The number of thiophene rings is 1. The average Bonchev–Trinajstić information content (AvgIpc) is 3.52. The highest BCUT2D eigenvalue weighted by Gasteiger charge is 2.20. The van der Waals surface area contributed by atoms with Crippen LogP contribution in [0.4, 0.5) is 0 Å². The molecule has 2 aromatic heterocycles. The van der Waals surface area contributed by atoms with Gasteiger partial charge in [0.25, 0.3) is 0 Å². The molecule has 2 heterocycles. The van der Waals surface area contributed by atoms with Gasteiger partial charge in [0.1, 0.15) is 0 Å². The lowest BCUT2D eigenvalue weighted by Crippen LogP contribution is -2.00. The van der Waals surface area contributed by atoms with Crippen LogP contribution in [0.2, 0.25) is 0 Å². The Labute approximate surface area is 239 Å². The van der Waals surface area contributed by atoms with E-state index in [-0.39, 0.29) is 0 Å². The molecule has 0 aliphatic heterocycles. The predicted octanol–water partition coefficient (Wildman–Crippen LogP) is 11.1. The van der Waals surface area contributed by atoms with Gasteiger partial charge in [0, 0.05) is 41.4 Å². The van der Waals surface area contributed by atoms with E-state index < -0.39 is 0 Å². The monoisotopic (exact) mass is 581 g/mol. The van der Waals surface area contributed by atoms with Crippen molar-refractivity contribution in [2.45, 2.75) is 12.8 Å². The quantitative estimate of drug-likeness (QED) is 0.195. The normalized spacial score (nSPS) is 12.9. The standard InChI is InChI=1S/C36H24BrNS/c37-27-10-6-9-25(20-27)23-7-5-8-24(19-23)26-15-17-30-29-11-1-3-13-33(29)38(34(30)21-26)28-16-18-32-31-12-2-4-14-35(31)39-36(32)22-28/h2-10,12-22H,1,11H2. The zero-order chi connectivity index (χ0) is 25.9. The molecular formula is C36H24BrNS. The van der Waals surface area contributed by atoms with Crippen molar-refractivity contribution in [3.63, 3.8) is 0 Å². The summed E-state index contributed by atoms with van der Waals surface area (Å²) in [5.41, 5.74) is 10.2. The second-order valence-electron chi connectivity index (χ2n) is 10.2. The Morgan fingerprint density at radius 3 is 2.23 bits per heavy atom. The van der Waals surface area contributed by atoms with Crippen LogP contribution in [0.1, 0.15) is 17.7 Å². The third-order valence-corrected chi connectivity index (χ3v) is 9.55. The highest BCUT2D eigenvalue weighted by molar-refractivity contribution is 9.10. The minimum atomic E-state index is 1.08. The lowest BCUT2D eigenvalue weighted by Gasteiger charge is -2.12. The summed E-state index contributed by atoms with van der Waals surface area (Å²) in [6.07, 6.45) is 6.82. The highest BCUT2D eigenvalue weighted by Crippen LogP contribution is 2.39. The summed E-state index contributed by atoms with van der Waals surface area (Å²) in [7, 11) is 0. The molecule has 39 heavy (non-hydrogen) atoms. The maximum absolute atomic E-state index is 3.63. The van der Waals surface area contributed by atoms with E-state index in [2.05, 4.69) is 142 Å². The number of hydrogen-bond donors (Lipinski definition) is 0. The van der Waals surface area contributed by atoms with E-state index in [1.165, 1.54) is 70.3 Å². The van der Waals surface area contributed by atoms with Gasteiger partial charge in [0.05, 0.1) is 5.52 Å². The van der Waals surface area contributed by atoms with Crippen LogP contribution in [0, 0.1) is 0 Å². The van der Waals surface area contributed by atoms with Gasteiger partial charge < -0.3 is 4.57 Å². The van der Waals surface area contributed by atoms with Crippen molar-refractivity contribution in [3.05, 3.63) is 131 Å². The highest BCUT2D eigenvalue weighted by atomic mass is 79.9. The van der Waals surface area contributed by atoms with E-state index in [0.29, 0.717) is 0 Å². The number of aromatic nitrogens is 1. The fourth-order valence-electron chi connectivity index (χ4n) is 6.09. The van der Waals surface area contributed by atoms with Gasteiger partial charge in [-0.15, -0.1) is 11.3 Å². The predicted molar refractivity (Wildman–Crippen MR) is 172 cm³/mol. The first-order valence-corrected chi connectivity index (χ1v) is 15.0. The number of nitrogens with zero attached hydrogens (tertiary/aromatic N) is 1. The minimum Gasteiger partial charge on any atom is -0.310 e. The fourth-order valence-corrected chi connectivity index (χ4v) is 7.63. The smallest absolute Gasteiger partial charge is 0.0543 e. The zero-order valence-electron chi connectivity index (χ0n) is 21.2. The van der Waals surface area contributed by atoms with E-state index in [1.54, 1.807) is 0 Å². The largest absolute Gasteiger partial charge is 0.310 e. The van der Waals surface area contributed by atoms with E-state index in [4.69, 9.17) is 0 Å². The molecule has 0 N–H and O–H groups in total. The van der Waals surface area contributed by atoms with Crippen LogP contribution in [0.5, 0.6) is 0 Å². The first-order chi connectivity index (χ1) is 19.2. The molecule has 1 aliphatic carbocycles. The minimum absolute atomic E-state index is 1.08. The number of rotatable bonds is 3. The molecule has 0 bridgehead atoms. The van der Waals surface area contributed by atoms with Gasteiger partial charge in [-0.05, 0) is 89.2 Å². The molecule has 7 aromatic rings. The number of aryl methyl sites for hydroxylation is 1. The lowest BCUT2D eigenvalue weighted by atomic mass is 9.97. The average molecular weight is 583 g/mol. The Morgan fingerprint density at radius 2 is 1.36 bits per heavy atom. The van der Waals surface area contributed by atoms with Gasteiger partial charge >= 0.3 is 0 Å². The van der Waals surface area contributed by atoms with Crippen LogP contribution in [-0.4, -0.2) is 4.57 Å². The number of halogens is 1. The van der Waals surface area contributed by atoms with Crippen molar-refractivity contribution >= 4 is 64.4 Å². The Kier molecular flexibility index (Phi) is 5.36. The summed E-state index contributed by atoms with van der Waals surface area (Å²) in [6, 6.07) is 40.1. The number of fused-ring (bicyclic) bond motifs is 6. The first kappa shape index (κ1) is 23.0. The molecule has 0 saturated heterocycles. The fraction of sp³-hybridized carbons (Fsp3) is 0.0556. The molecule has 0 fully saturated rings. The van der Waals surface area contributed by atoms with Crippen LogP contribution in [0.25, 0.3) is 65.1 Å². The SMILES string of the molecule is Brc1cccc(-c2cccc(-c3ccc4c5c(n(-c6ccc7c(c6)sc6ccccc67)c4c3)C=CCC5)c2)c1. The Balaban J connectivity index is 1.32. The van der Waals surface area contributed by atoms with Crippen molar-refractivity contribution in [1.82, 2.24) is 4.57 Å². The van der Waals surface area contributed by atoms with Gasteiger partial charge in [0.2, 0.25) is 0 Å². The van der Waals surface area contributed by atoms with Crippen LogP contribution in [0.3, 0.4) is 0 Å². The van der Waals surface area contributed by atoms with Crippen LogP contribution >= 0.6 is 27.3 Å². The molecule has 0 unspecified atom stereocenters. The van der Waals surface area contributed by atoms with Gasteiger partial charge in [-0.1, -0.05) is 88.7 Å². The van der Waals surface area contributed by atoms with Gasteiger partial charge in [-0.3, -0.25) is 0 Å². The van der Waals surface area contributed by atoms with Crippen molar-refractivity contribution in [2.75, 3.05) is 0 Å². The molecule has 0 spiro atoms. The topological polar surface area (TPSA) is 4.93 Å². The van der Waals surface area contributed by atoms with Gasteiger partial charge in [0.15, 0.2) is 0 Å². The van der Waals surface area contributed by atoms with E-state index in [0.717, 1.165) is 17.3 Å². The van der Waals surface area contributed by atoms with Crippen molar-refractivity contribution in [2.24, 2.45) is 0 Å². The Bertz CT molecular complexity index is 2090. The molecule has 186 valence electrons. The van der Waals surface area contributed by atoms with Crippen LogP contribution in [-0.2, 0) is 6.42 Å². The maximum Gasteiger partial charge on any atom is 0.0543 e. The molecule has 8 rings (SSSR count). The Morgan fingerprint density at radius 1 is 0.615 bits per heavy atom. The molecule has 0 atom stereocenters. The van der Waals surface area contributed by atoms with E-state index >= 15 is 0 Å². The maximum atomic E-state index is 3.63. The summed E-state index contributed by atoms with van der Waals surface area (Å²) in [5, 5.41) is 4.04. The summed E-state index contributed by atoms with van der Waals surface area (Å²) in [6.45, 7) is 0. The summed E-state index contributed by atoms with van der Waals surface area (Å²) in [4.78, 5) is 0. The Hall–Kier alpha value is -3.92. The molecule has 3 heteroatoms. The second kappa shape index (κ2) is 9.08. The van der Waals surface area contributed by atoms with E-state index in [9.17, 15) is 0 Å². The second-order valence-corrected chi connectivity index (χ2v) is 12.2. The summed E-state index contributed by atoms with van der Waals surface area (Å²) >= 11 is 5.51. The summed E-state index contributed by atoms with van der Waals surface area (Å²) < 4.78 is 6.25. The number of benzene rings is 5. The van der Waals surface area contributed by atoms with Gasteiger partial charge in [-0.2, -0.15) is 0 Å². The molecular weight excluding hydrogens is 558 g/mol. The summed E-state index contributed by atoms with van der Waals surface area (Å²) in [5.74, 6) is 0. The number of hydrogen-bond acceptors (Lipinski definition) is 1. The van der Waals surface area contributed by atoms with Crippen molar-refractivity contribution < 1.29 is 0 Å². The zero-order valence-corrected chi connectivity index (χ0v) is 23.6. The van der Waals surface area contributed by atoms with Crippen LogP contribution < -0.4 is 0 Å². The third-order valence-electron chi connectivity index (χ3n) is 7.92. The van der Waals surface area contributed by atoms with Crippen LogP contribution in [0.15, 0.2) is 120 Å².